The Kier molecular flexibility index (Phi) is 3.83. The molecule has 0 spiro atoms. The maximum absolute atomic E-state index is 12.6. The van der Waals surface area contributed by atoms with E-state index in [2.05, 4.69) is 0 Å². The molecule has 0 aromatic heterocycles. The molecule has 0 radical (unpaired) electrons. The van der Waals surface area contributed by atoms with E-state index in [-0.39, 0.29) is 17.7 Å². The zero-order valence-electron chi connectivity index (χ0n) is 12.2. The van der Waals surface area contributed by atoms with Gasteiger partial charge in [-0.05, 0) is 24.5 Å². The van der Waals surface area contributed by atoms with Gasteiger partial charge in [-0.1, -0.05) is 18.2 Å². The predicted molar refractivity (Wildman–Crippen MR) is 77.8 cm³/mol. The molecule has 1 fully saturated rings. The van der Waals surface area contributed by atoms with Crippen LogP contribution in [0.2, 0.25) is 0 Å². The van der Waals surface area contributed by atoms with E-state index in [4.69, 9.17) is 10.5 Å². The number of amides is 2. The molecule has 1 aromatic carbocycles. The van der Waals surface area contributed by atoms with Crippen molar-refractivity contribution in [1.82, 2.24) is 4.90 Å². The Hall–Kier alpha value is -2.37. The number of benzene rings is 1. The molecule has 6 nitrogen and oxygen atoms in total. The molecule has 2 N–H and O–H groups in total. The van der Waals surface area contributed by atoms with Crippen LogP contribution in [-0.4, -0.2) is 41.9 Å². The molecule has 2 amide bonds. The number of esters is 1. The van der Waals surface area contributed by atoms with Crippen molar-refractivity contribution in [2.45, 2.75) is 25.4 Å². The van der Waals surface area contributed by atoms with Gasteiger partial charge in [-0.15, -0.1) is 0 Å². The topological polar surface area (TPSA) is 89.7 Å². The summed E-state index contributed by atoms with van der Waals surface area (Å²) in [5, 5.41) is 0. The van der Waals surface area contributed by atoms with Crippen LogP contribution < -0.4 is 5.73 Å². The van der Waals surface area contributed by atoms with Gasteiger partial charge in [0, 0.05) is 19.5 Å². The molecule has 1 aromatic rings. The molecule has 2 aliphatic heterocycles. The van der Waals surface area contributed by atoms with Gasteiger partial charge in [0.15, 0.2) is 6.10 Å². The first-order chi connectivity index (χ1) is 10.6. The van der Waals surface area contributed by atoms with E-state index >= 15 is 0 Å². The number of nitrogens with two attached hydrogens (primary N) is 1. The van der Waals surface area contributed by atoms with E-state index in [1.54, 1.807) is 17.0 Å². The highest BCUT2D eigenvalue weighted by molar-refractivity contribution is 5.96. The molecular weight excluding hydrogens is 284 g/mol. The molecule has 2 aliphatic rings. The van der Waals surface area contributed by atoms with Gasteiger partial charge in [-0.2, -0.15) is 0 Å². The molecule has 116 valence electrons. The van der Waals surface area contributed by atoms with E-state index in [9.17, 15) is 14.4 Å². The van der Waals surface area contributed by atoms with E-state index in [0.29, 0.717) is 31.5 Å². The molecular formula is C16H18N2O4. The summed E-state index contributed by atoms with van der Waals surface area (Å²) in [5.74, 6) is -1.41. The lowest BCUT2D eigenvalue weighted by Crippen LogP contribution is -2.50. The summed E-state index contributed by atoms with van der Waals surface area (Å²) in [6, 6.07) is 7.13. The fourth-order valence-electron chi connectivity index (χ4n) is 3.08. The van der Waals surface area contributed by atoms with Crippen LogP contribution in [0.5, 0.6) is 0 Å². The molecule has 0 bridgehead atoms. The lowest BCUT2D eigenvalue weighted by Gasteiger charge is -2.34. The Bertz CT molecular complexity index is 628. The zero-order valence-corrected chi connectivity index (χ0v) is 12.2. The van der Waals surface area contributed by atoms with E-state index in [1.807, 2.05) is 12.1 Å². The molecule has 6 heteroatoms. The number of ether oxygens (including phenoxy) is 1. The van der Waals surface area contributed by atoms with Gasteiger partial charge >= 0.3 is 5.97 Å². The second kappa shape index (κ2) is 5.79. The normalized spacial score (nSPS) is 24.4. The maximum atomic E-state index is 12.6. The van der Waals surface area contributed by atoms with Gasteiger partial charge in [0.25, 0.3) is 5.91 Å². The number of fused-ring (bicyclic) bond motifs is 1. The van der Waals surface area contributed by atoms with E-state index in [0.717, 1.165) is 12.0 Å². The number of cyclic esters (lactones) is 1. The minimum atomic E-state index is -0.811. The third-order valence-electron chi connectivity index (χ3n) is 4.30. The molecule has 2 heterocycles. The highest BCUT2D eigenvalue weighted by Crippen LogP contribution is 2.24. The SMILES string of the molecule is NC(=O)[C@H]1CCCN(C(=O)[C@@H]2Cc3ccccc3C(=O)O2)C1. The first kappa shape index (κ1) is 14.6. The van der Waals surface area contributed by atoms with Crippen LogP contribution in [0, 0.1) is 5.92 Å². The second-order valence-electron chi connectivity index (χ2n) is 5.78. The molecule has 0 aliphatic carbocycles. The Balaban J connectivity index is 1.74. The highest BCUT2D eigenvalue weighted by atomic mass is 16.5. The number of likely N-dealkylation sites (tertiary alicyclic amines) is 1. The third-order valence-corrected chi connectivity index (χ3v) is 4.30. The van der Waals surface area contributed by atoms with Crippen LogP contribution >= 0.6 is 0 Å². The predicted octanol–water partition coefficient (Wildman–Crippen LogP) is 0.492. The molecule has 0 saturated carbocycles. The quantitative estimate of drug-likeness (QED) is 0.805. The van der Waals surface area contributed by atoms with Crippen molar-refractivity contribution in [2.24, 2.45) is 11.7 Å². The van der Waals surface area contributed by atoms with Crippen molar-refractivity contribution in [1.29, 1.82) is 0 Å². The molecule has 2 atom stereocenters. The van der Waals surface area contributed by atoms with Crippen molar-refractivity contribution in [3.05, 3.63) is 35.4 Å². The average Bonchev–Trinajstić information content (AvgIpc) is 2.54. The first-order valence-corrected chi connectivity index (χ1v) is 7.43. The highest BCUT2D eigenvalue weighted by Gasteiger charge is 2.36. The Morgan fingerprint density at radius 2 is 2.05 bits per heavy atom. The van der Waals surface area contributed by atoms with Crippen molar-refractivity contribution < 1.29 is 19.1 Å². The van der Waals surface area contributed by atoms with Crippen molar-refractivity contribution in [3.8, 4) is 0 Å². The number of rotatable bonds is 2. The fraction of sp³-hybridized carbons (Fsp3) is 0.438. The summed E-state index contributed by atoms with van der Waals surface area (Å²) in [4.78, 5) is 37.5. The third kappa shape index (κ3) is 2.68. The second-order valence-corrected chi connectivity index (χ2v) is 5.78. The van der Waals surface area contributed by atoms with Gasteiger partial charge in [-0.3, -0.25) is 9.59 Å². The Labute approximate surface area is 128 Å². The summed E-state index contributed by atoms with van der Waals surface area (Å²) >= 11 is 0. The summed E-state index contributed by atoms with van der Waals surface area (Å²) in [7, 11) is 0. The number of nitrogens with zero attached hydrogens (tertiary/aromatic N) is 1. The lowest BCUT2D eigenvalue weighted by atomic mass is 9.95. The summed E-state index contributed by atoms with van der Waals surface area (Å²) in [6.07, 6.45) is 0.996. The maximum Gasteiger partial charge on any atom is 0.339 e. The standard InChI is InChI=1S/C16H18N2O4/c17-14(19)11-5-3-7-18(9-11)15(20)13-8-10-4-1-2-6-12(10)16(21)22-13/h1-2,4,6,11,13H,3,5,7-9H2,(H2,17,19)/t11-,13-/m0/s1. The number of carbonyl (C=O) groups excluding carboxylic acids is 3. The summed E-state index contributed by atoms with van der Waals surface area (Å²) in [5.41, 5.74) is 6.67. The number of hydrogen-bond donors (Lipinski definition) is 1. The molecule has 3 rings (SSSR count). The number of primary amides is 1. The zero-order chi connectivity index (χ0) is 15.7. The van der Waals surface area contributed by atoms with E-state index < -0.39 is 12.1 Å². The van der Waals surface area contributed by atoms with Crippen molar-refractivity contribution >= 4 is 17.8 Å². The smallest absolute Gasteiger partial charge is 0.339 e. The van der Waals surface area contributed by atoms with Crippen molar-refractivity contribution in [3.63, 3.8) is 0 Å². The fourth-order valence-corrected chi connectivity index (χ4v) is 3.08. The van der Waals surface area contributed by atoms with Gasteiger partial charge in [0.05, 0.1) is 11.5 Å². The number of carbonyl (C=O) groups is 3. The number of hydrogen-bond acceptors (Lipinski definition) is 4. The monoisotopic (exact) mass is 302 g/mol. The minimum Gasteiger partial charge on any atom is -0.448 e. The van der Waals surface area contributed by atoms with Crippen LogP contribution in [0.25, 0.3) is 0 Å². The van der Waals surface area contributed by atoms with Crippen LogP contribution in [-0.2, 0) is 20.7 Å². The molecule has 22 heavy (non-hydrogen) atoms. The Morgan fingerprint density at radius 3 is 2.82 bits per heavy atom. The van der Waals surface area contributed by atoms with Gasteiger partial charge < -0.3 is 15.4 Å². The summed E-state index contributed by atoms with van der Waals surface area (Å²) in [6.45, 7) is 0.877. The Morgan fingerprint density at radius 1 is 1.27 bits per heavy atom. The van der Waals surface area contributed by atoms with Gasteiger partial charge in [0.1, 0.15) is 0 Å². The largest absolute Gasteiger partial charge is 0.448 e. The number of piperidine rings is 1. The summed E-state index contributed by atoms with van der Waals surface area (Å²) < 4.78 is 5.28. The van der Waals surface area contributed by atoms with Crippen molar-refractivity contribution in [2.75, 3.05) is 13.1 Å². The van der Waals surface area contributed by atoms with E-state index in [1.165, 1.54) is 0 Å². The van der Waals surface area contributed by atoms with Crippen LogP contribution in [0.4, 0.5) is 0 Å². The van der Waals surface area contributed by atoms with Crippen LogP contribution in [0.3, 0.4) is 0 Å². The van der Waals surface area contributed by atoms with Gasteiger partial charge in [0.2, 0.25) is 5.91 Å². The van der Waals surface area contributed by atoms with Gasteiger partial charge in [-0.25, -0.2) is 4.79 Å². The van der Waals surface area contributed by atoms with Crippen LogP contribution in [0.15, 0.2) is 24.3 Å². The van der Waals surface area contributed by atoms with Crippen LogP contribution in [0.1, 0.15) is 28.8 Å². The average molecular weight is 302 g/mol. The molecule has 1 saturated heterocycles. The minimum absolute atomic E-state index is 0.242. The first-order valence-electron chi connectivity index (χ1n) is 7.43. The lowest BCUT2D eigenvalue weighted by molar-refractivity contribution is -0.144. The molecule has 0 unspecified atom stereocenters.